The Kier molecular flexibility index (Phi) is 6.24. The van der Waals surface area contributed by atoms with E-state index in [-0.39, 0.29) is 6.61 Å². The van der Waals surface area contributed by atoms with E-state index in [2.05, 4.69) is 15.5 Å². The van der Waals surface area contributed by atoms with Crippen molar-refractivity contribution in [3.63, 3.8) is 0 Å². The summed E-state index contributed by atoms with van der Waals surface area (Å²) in [5, 5.41) is 10.6. The van der Waals surface area contributed by atoms with Crippen LogP contribution in [0.15, 0.2) is 18.2 Å². The molecule has 1 aliphatic rings. The number of anilines is 1. The summed E-state index contributed by atoms with van der Waals surface area (Å²) in [6.45, 7) is 6.00. The molecular weight excluding hydrogens is 419 g/mol. The molecule has 156 valence electrons. The van der Waals surface area contributed by atoms with Crippen LogP contribution in [0.3, 0.4) is 0 Å². The normalized spacial score (nSPS) is 13.6. The van der Waals surface area contributed by atoms with Gasteiger partial charge >= 0.3 is 6.09 Å². The van der Waals surface area contributed by atoms with Crippen molar-refractivity contribution >= 4 is 41.0 Å². The van der Waals surface area contributed by atoms with Crippen molar-refractivity contribution in [2.75, 3.05) is 18.5 Å². The average molecular weight is 441 g/mol. The zero-order chi connectivity index (χ0) is 21.2. The lowest BCUT2D eigenvalue weighted by Crippen LogP contribution is -2.40. The van der Waals surface area contributed by atoms with Gasteiger partial charge in [0.15, 0.2) is 12.4 Å². The maximum atomic E-state index is 12.3. The summed E-state index contributed by atoms with van der Waals surface area (Å²) in [7, 11) is 0. The number of hydrogen-bond acceptors (Lipinski definition) is 5. The Labute approximate surface area is 178 Å². The molecule has 0 saturated heterocycles. The minimum Gasteiger partial charge on any atom is -0.482 e. The Bertz CT molecular complexity index is 923. The lowest BCUT2D eigenvalue weighted by atomic mass is 10.1. The van der Waals surface area contributed by atoms with Crippen molar-refractivity contribution in [2.24, 2.45) is 0 Å². The van der Waals surface area contributed by atoms with Crippen LogP contribution in [-0.4, -0.2) is 45.9 Å². The lowest BCUT2D eigenvalue weighted by molar-refractivity contribution is -0.118. The van der Waals surface area contributed by atoms with Crippen LogP contribution in [0.25, 0.3) is 0 Å². The molecule has 0 unspecified atom stereocenters. The van der Waals surface area contributed by atoms with Gasteiger partial charge in [-0.15, -0.1) is 0 Å². The third-order valence-electron chi connectivity index (χ3n) is 4.10. The number of carbonyl (C=O) groups excluding carboxylic acids is 2. The van der Waals surface area contributed by atoms with Crippen LogP contribution in [0.2, 0.25) is 10.0 Å². The standard InChI is InChI=1S/C19H22Cl2N4O4/c1-19(2,3)29-18(27)25-7-6-14-12(9-25)17(24-23-14)22-16(26)10-28-15-5-4-11(20)8-13(15)21/h4-5,8H,6-7,9-10H2,1-3H3,(H2,22,23,24,26). The SMILES string of the molecule is CC(C)(C)OC(=O)N1CCc2[nH]nc(NC(=O)COc3ccc(Cl)cc3Cl)c2C1. The Hall–Kier alpha value is -2.45. The fraction of sp³-hybridized carbons (Fsp3) is 0.421. The largest absolute Gasteiger partial charge is 0.482 e. The van der Waals surface area contributed by atoms with E-state index in [1.807, 2.05) is 20.8 Å². The summed E-state index contributed by atoms with van der Waals surface area (Å²) < 4.78 is 10.9. The second kappa shape index (κ2) is 8.51. The van der Waals surface area contributed by atoms with Crippen molar-refractivity contribution in [3.8, 4) is 5.75 Å². The molecule has 3 rings (SSSR count). The van der Waals surface area contributed by atoms with Gasteiger partial charge in [-0.2, -0.15) is 5.10 Å². The van der Waals surface area contributed by atoms with E-state index < -0.39 is 17.6 Å². The molecule has 2 amide bonds. The molecular formula is C19H22Cl2N4O4. The van der Waals surface area contributed by atoms with E-state index in [9.17, 15) is 9.59 Å². The molecule has 1 aromatic carbocycles. The van der Waals surface area contributed by atoms with Crippen molar-refractivity contribution in [2.45, 2.75) is 39.3 Å². The molecule has 2 N–H and O–H groups in total. The first-order chi connectivity index (χ1) is 13.6. The summed E-state index contributed by atoms with van der Waals surface area (Å²) in [5.41, 5.74) is 1.05. The minimum absolute atomic E-state index is 0.251. The second-order valence-corrected chi connectivity index (χ2v) is 8.44. The predicted molar refractivity (Wildman–Crippen MR) is 110 cm³/mol. The fourth-order valence-corrected chi connectivity index (χ4v) is 3.25. The molecule has 0 bridgehead atoms. The first-order valence-electron chi connectivity index (χ1n) is 9.04. The van der Waals surface area contributed by atoms with Gasteiger partial charge in [0.05, 0.1) is 11.6 Å². The van der Waals surface area contributed by atoms with Gasteiger partial charge in [0, 0.05) is 29.2 Å². The number of halogens is 2. The highest BCUT2D eigenvalue weighted by Crippen LogP contribution is 2.28. The topological polar surface area (TPSA) is 96.5 Å². The van der Waals surface area contributed by atoms with Gasteiger partial charge in [-0.3, -0.25) is 9.89 Å². The number of H-pyrrole nitrogens is 1. The van der Waals surface area contributed by atoms with Crippen molar-refractivity contribution in [1.29, 1.82) is 0 Å². The number of aromatic amines is 1. The zero-order valence-electron chi connectivity index (χ0n) is 16.3. The number of aromatic nitrogens is 2. The fourth-order valence-electron chi connectivity index (χ4n) is 2.78. The number of nitrogens with zero attached hydrogens (tertiary/aromatic N) is 2. The maximum absolute atomic E-state index is 12.3. The van der Waals surface area contributed by atoms with Crippen molar-refractivity contribution in [1.82, 2.24) is 15.1 Å². The molecule has 0 radical (unpaired) electrons. The first kappa shape index (κ1) is 21.3. The van der Waals surface area contributed by atoms with Crippen molar-refractivity contribution < 1.29 is 19.1 Å². The minimum atomic E-state index is -0.578. The van der Waals surface area contributed by atoms with Gasteiger partial charge in [0.1, 0.15) is 11.4 Å². The van der Waals surface area contributed by atoms with Gasteiger partial charge < -0.3 is 19.7 Å². The molecule has 0 fully saturated rings. The summed E-state index contributed by atoms with van der Waals surface area (Å²) in [5.74, 6) is 0.315. The Balaban J connectivity index is 1.61. The number of nitrogens with one attached hydrogen (secondary N) is 2. The number of benzene rings is 1. The van der Waals surface area contributed by atoms with Gasteiger partial charge in [-0.25, -0.2) is 4.79 Å². The Morgan fingerprint density at radius 2 is 2.07 bits per heavy atom. The molecule has 29 heavy (non-hydrogen) atoms. The van der Waals surface area contributed by atoms with Gasteiger partial charge in [0.25, 0.3) is 5.91 Å². The third kappa shape index (κ3) is 5.55. The van der Waals surface area contributed by atoms with Crippen LogP contribution in [-0.2, 0) is 22.5 Å². The van der Waals surface area contributed by atoms with E-state index in [0.29, 0.717) is 41.1 Å². The highest BCUT2D eigenvalue weighted by atomic mass is 35.5. The highest BCUT2D eigenvalue weighted by molar-refractivity contribution is 6.35. The number of carbonyl (C=O) groups is 2. The zero-order valence-corrected chi connectivity index (χ0v) is 17.9. The van der Waals surface area contributed by atoms with Gasteiger partial charge in [-0.05, 0) is 39.0 Å². The molecule has 1 aromatic heterocycles. The van der Waals surface area contributed by atoms with Crippen LogP contribution in [0.1, 0.15) is 32.0 Å². The van der Waals surface area contributed by atoms with E-state index in [1.54, 1.807) is 17.0 Å². The smallest absolute Gasteiger partial charge is 0.410 e. The molecule has 8 nitrogen and oxygen atoms in total. The number of amides is 2. The predicted octanol–water partition coefficient (Wildman–Crippen LogP) is 4.03. The van der Waals surface area contributed by atoms with Crippen LogP contribution in [0, 0.1) is 0 Å². The Morgan fingerprint density at radius 3 is 2.76 bits per heavy atom. The summed E-state index contributed by atoms with van der Waals surface area (Å²) in [6.07, 6.45) is 0.191. The summed E-state index contributed by atoms with van der Waals surface area (Å²) in [4.78, 5) is 26.2. The molecule has 0 spiro atoms. The average Bonchev–Trinajstić information content (AvgIpc) is 3.01. The van der Waals surface area contributed by atoms with E-state index in [0.717, 1.165) is 11.3 Å². The number of rotatable bonds is 4. The molecule has 0 saturated carbocycles. The number of ether oxygens (including phenoxy) is 2. The van der Waals surface area contributed by atoms with Crippen LogP contribution in [0.5, 0.6) is 5.75 Å². The molecule has 1 aliphatic heterocycles. The monoisotopic (exact) mass is 440 g/mol. The van der Waals surface area contributed by atoms with Crippen molar-refractivity contribution in [3.05, 3.63) is 39.5 Å². The highest BCUT2D eigenvalue weighted by Gasteiger charge is 2.29. The van der Waals surface area contributed by atoms with Crippen LogP contribution >= 0.6 is 23.2 Å². The number of hydrogen-bond donors (Lipinski definition) is 2. The second-order valence-electron chi connectivity index (χ2n) is 7.59. The number of fused-ring (bicyclic) bond motifs is 1. The summed E-state index contributed by atoms with van der Waals surface area (Å²) in [6, 6.07) is 4.74. The molecule has 2 aromatic rings. The molecule has 10 heteroatoms. The van der Waals surface area contributed by atoms with Gasteiger partial charge in [0.2, 0.25) is 0 Å². The van der Waals surface area contributed by atoms with E-state index in [4.69, 9.17) is 32.7 Å². The molecule has 0 aliphatic carbocycles. The maximum Gasteiger partial charge on any atom is 0.410 e. The Morgan fingerprint density at radius 1 is 1.31 bits per heavy atom. The first-order valence-corrected chi connectivity index (χ1v) is 9.80. The van der Waals surface area contributed by atoms with E-state index in [1.165, 1.54) is 6.07 Å². The lowest BCUT2D eigenvalue weighted by Gasteiger charge is -2.30. The molecule has 2 heterocycles. The van der Waals surface area contributed by atoms with Gasteiger partial charge in [-0.1, -0.05) is 23.2 Å². The third-order valence-corrected chi connectivity index (χ3v) is 4.63. The quantitative estimate of drug-likeness (QED) is 0.747. The van der Waals surface area contributed by atoms with E-state index >= 15 is 0 Å². The van der Waals surface area contributed by atoms with Crippen LogP contribution in [0.4, 0.5) is 10.6 Å². The summed E-state index contributed by atoms with van der Waals surface area (Å²) >= 11 is 11.9. The van der Waals surface area contributed by atoms with Crippen LogP contribution < -0.4 is 10.1 Å². The molecule has 0 atom stereocenters.